The van der Waals surface area contributed by atoms with Crippen LogP contribution in [0.4, 0.5) is 0 Å². The molecule has 0 bridgehead atoms. The van der Waals surface area contributed by atoms with Crippen LogP contribution in [0.2, 0.25) is 10.0 Å². The van der Waals surface area contributed by atoms with Gasteiger partial charge in [-0.3, -0.25) is 0 Å². The second-order valence-corrected chi connectivity index (χ2v) is 7.18. The highest BCUT2D eigenvalue weighted by Crippen LogP contribution is 2.37. The van der Waals surface area contributed by atoms with Gasteiger partial charge in [-0.25, -0.2) is 0 Å². The van der Waals surface area contributed by atoms with Crippen molar-refractivity contribution in [2.75, 3.05) is 21.1 Å². The lowest BCUT2D eigenvalue weighted by atomic mass is 9.73. The highest BCUT2D eigenvalue weighted by molar-refractivity contribution is 6.33. The number of hydrogen-bond donors (Lipinski definition) is 1. The monoisotopic (exact) mass is 328 g/mol. The van der Waals surface area contributed by atoms with Crippen molar-refractivity contribution in [1.82, 2.24) is 10.2 Å². The molecular weight excluding hydrogens is 303 g/mol. The zero-order chi connectivity index (χ0) is 15.5. The summed E-state index contributed by atoms with van der Waals surface area (Å²) in [6, 6.07) is 6.13. The van der Waals surface area contributed by atoms with E-state index in [-0.39, 0.29) is 5.54 Å². The van der Waals surface area contributed by atoms with Gasteiger partial charge in [0.1, 0.15) is 0 Å². The second kappa shape index (κ2) is 7.32. The van der Waals surface area contributed by atoms with Crippen LogP contribution in [-0.4, -0.2) is 37.6 Å². The molecule has 1 aromatic carbocycles. The third-order valence-electron chi connectivity index (χ3n) is 5.04. The molecule has 1 unspecified atom stereocenters. The van der Waals surface area contributed by atoms with E-state index >= 15 is 0 Å². The smallest absolute Gasteiger partial charge is 0.0439 e. The molecule has 2 rings (SSSR count). The molecule has 1 fully saturated rings. The van der Waals surface area contributed by atoms with Gasteiger partial charge in [0.2, 0.25) is 0 Å². The van der Waals surface area contributed by atoms with Crippen LogP contribution in [0.3, 0.4) is 0 Å². The summed E-state index contributed by atoms with van der Waals surface area (Å²) in [5.41, 5.74) is 1.34. The van der Waals surface area contributed by atoms with Crippen LogP contribution in [0.25, 0.3) is 0 Å². The maximum Gasteiger partial charge on any atom is 0.0439 e. The quantitative estimate of drug-likeness (QED) is 0.862. The molecule has 4 heteroatoms. The Labute approximate surface area is 138 Å². The number of hydrogen-bond acceptors (Lipinski definition) is 2. The molecule has 0 saturated heterocycles. The number of nitrogens with one attached hydrogen (secondary N) is 1. The molecule has 2 nitrogen and oxygen atoms in total. The van der Waals surface area contributed by atoms with Gasteiger partial charge in [0, 0.05) is 21.6 Å². The molecule has 1 aromatic rings. The minimum atomic E-state index is 0.207. The first kappa shape index (κ1) is 17.1. The van der Waals surface area contributed by atoms with Crippen molar-refractivity contribution in [2.24, 2.45) is 0 Å². The molecule has 1 saturated carbocycles. The van der Waals surface area contributed by atoms with Crippen molar-refractivity contribution in [1.29, 1.82) is 0 Å². The van der Waals surface area contributed by atoms with Crippen molar-refractivity contribution < 1.29 is 0 Å². The Morgan fingerprint density at radius 2 is 1.86 bits per heavy atom. The Kier molecular flexibility index (Phi) is 5.96. The van der Waals surface area contributed by atoms with Crippen LogP contribution < -0.4 is 5.32 Å². The lowest BCUT2D eigenvalue weighted by Crippen LogP contribution is -2.60. The van der Waals surface area contributed by atoms with Gasteiger partial charge < -0.3 is 10.2 Å². The molecule has 0 spiro atoms. The summed E-state index contributed by atoms with van der Waals surface area (Å²) in [6.45, 7) is 0. The lowest BCUT2D eigenvalue weighted by Gasteiger charge is -2.48. The summed E-state index contributed by atoms with van der Waals surface area (Å²) in [6.07, 6.45) is 7.35. The van der Waals surface area contributed by atoms with Crippen molar-refractivity contribution in [3.8, 4) is 0 Å². The zero-order valence-electron chi connectivity index (χ0n) is 13.3. The Morgan fingerprint density at radius 1 is 1.19 bits per heavy atom. The van der Waals surface area contributed by atoms with Crippen LogP contribution in [0.1, 0.15) is 37.7 Å². The van der Waals surface area contributed by atoms with E-state index in [2.05, 4.69) is 31.4 Å². The molecule has 1 atom stereocenters. The van der Waals surface area contributed by atoms with Crippen LogP contribution >= 0.6 is 23.2 Å². The maximum absolute atomic E-state index is 6.36. The van der Waals surface area contributed by atoms with Gasteiger partial charge >= 0.3 is 0 Å². The van der Waals surface area contributed by atoms with Crippen LogP contribution in [0.5, 0.6) is 0 Å². The van der Waals surface area contributed by atoms with E-state index in [0.717, 1.165) is 22.0 Å². The first-order valence-corrected chi connectivity index (χ1v) is 8.54. The number of nitrogens with zero attached hydrogens (tertiary/aromatic N) is 1. The fourth-order valence-electron chi connectivity index (χ4n) is 3.75. The predicted molar refractivity (Wildman–Crippen MR) is 92.5 cm³/mol. The van der Waals surface area contributed by atoms with Crippen molar-refractivity contribution in [3.05, 3.63) is 33.8 Å². The molecule has 21 heavy (non-hydrogen) atoms. The van der Waals surface area contributed by atoms with Gasteiger partial charge in [0.25, 0.3) is 0 Å². The number of halogens is 2. The number of rotatable bonds is 5. The van der Waals surface area contributed by atoms with Gasteiger partial charge in [-0.15, -0.1) is 0 Å². The molecule has 0 aliphatic heterocycles. The molecule has 1 aliphatic rings. The summed E-state index contributed by atoms with van der Waals surface area (Å²) >= 11 is 12.5. The van der Waals surface area contributed by atoms with E-state index in [0.29, 0.717) is 6.04 Å². The third kappa shape index (κ3) is 3.73. The molecule has 1 N–H and O–H groups in total. The summed E-state index contributed by atoms with van der Waals surface area (Å²) in [4.78, 5) is 2.41. The number of likely N-dealkylation sites (N-methyl/N-ethyl adjacent to an activating group) is 2. The Balaban J connectivity index is 2.26. The average Bonchev–Trinajstić information content (AvgIpc) is 2.48. The third-order valence-corrected chi connectivity index (χ3v) is 5.64. The predicted octanol–water partition coefficient (Wildman–Crippen LogP) is 4.39. The van der Waals surface area contributed by atoms with E-state index in [1.54, 1.807) is 0 Å². The molecule has 1 aliphatic carbocycles. The second-order valence-electron chi connectivity index (χ2n) is 6.34. The molecule has 0 aromatic heterocycles. The van der Waals surface area contributed by atoms with Crippen molar-refractivity contribution in [3.63, 3.8) is 0 Å². The van der Waals surface area contributed by atoms with Gasteiger partial charge in [0.15, 0.2) is 0 Å². The lowest BCUT2D eigenvalue weighted by molar-refractivity contribution is 0.0598. The summed E-state index contributed by atoms with van der Waals surface area (Å²) in [7, 11) is 6.47. The molecular formula is C17H26Cl2N2. The largest absolute Gasteiger partial charge is 0.315 e. The molecule has 0 amide bonds. The van der Waals surface area contributed by atoms with Crippen molar-refractivity contribution in [2.45, 2.75) is 50.1 Å². The van der Waals surface area contributed by atoms with E-state index < -0.39 is 0 Å². The van der Waals surface area contributed by atoms with E-state index in [1.165, 1.54) is 32.1 Å². The van der Waals surface area contributed by atoms with Gasteiger partial charge in [-0.1, -0.05) is 42.5 Å². The Hall–Kier alpha value is -0.280. The first-order chi connectivity index (χ1) is 9.99. The van der Waals surface area contributed by atoms with Gasteiger partial charge in [-0.05, 0) is 64.2 Å². The highest BCUT2D eigenvalue weighted by atomic mass is 35.5. The minimum Gasteiger partial charge on any atom is -0.315 e. The van der Waals surface area contributed by atoms with Gasteiger partial charge in [0.05, 0.1) is 0 Å². The summed E-state index contributed by atoms with van der Waals surface area (Å²) in [5, 5.41) is 5.11. The van der Waals surface area contributed by atoms with E-state index in [9.17, 15) is 0 Å². The SMILES string of the molecule is CNC(Cc1cc(Cl)ccc1Cl)C1(N(C)C)CCCCC1. The van der Waals surface area contributed by atoms with Crippen LogP contribution in [0.15, 0.2) is 18.2 Å². The van der Waals surface area contributed by atoms with Gasteiger partial charge in [-0.2, -0.15) is 0 Å². The summed E-state index contributed by atoms with van der Waals surface area (Å²) < 4.78 is 0. The number of benzene rings is 1. The topological polar surface area (TPSA) is 15.3 Å². The molecule has 0 radical (unpaired) electrons. The maximum atomic E-state index is 6.36. The molecule has 0 heterocycles. The first-order valence-electron chi connectivity index (χ1n) is 7.78. The van der Waals surface area contributed by atoms with Crippen LogP contribution in [0, 0.1) is 0 Å². The highest BCUT2D eigenvalue weighted by Gasteiger charge is 2.41. The summed E-state index contributed by atoms with van der Waals surface area (Å²) in [5.74, 6) is 0. The molecule has 118 valence electrons. The fourth-order valence-corrected chi connectivity index (χ4v) is 4.14. The Bertz CT molecular complexity index is 468. The van der Waals surface area contributed by atoms with E-state index in [4.69, 9.17) is 23.2 Å². The average molecular weight is 329 g/mol. The zero-order valence-corrected chi connectivity index (χ0v) is 14.8. The minimum absolute atomic E-state index is 0.207. The van der Waals surface area contributed by atoms with Crippen LogP contribution in [-0.2, 0) is 6.42 Å². The fraction of sp³-hybridized carbons (Fsp3) is 0.647. The standard InChI is InChI=1S/C17H26Cl2N2/c1-20-16(12-13-11-14(18)7-8-15(13)19)17(21(2)3)9-5-4-6-10-17/h7-8,11,16,20H,4-6,9-10,12H2,1-3H3. The van der Waals surface area contributed by atoms with Crippen molar-refractivity contribution >= 4 is 23.2 Å². The normalized spacial score (nSPS) is 19.7. The Morgan fingerprint density at radius 3 is 2.43 bits per heavy atom. The van der Waals surface area contributed by atoms with E-state index in [1.807, 2.05) is 18.2 Å².